The van der Waals surface area contributed by atoms with Gasteiger partial charge in [-0.25, -0.2) is 4.79 Å². The summed E-state index contributed by atoms with van der Waals surface area (Å²) in [7, 11) is 1.79. The summed E-state index contributed by atoms with van der Waals surface area (Å²) in [6.07, 6.45) is 3.30. The van der Waals surface area contributed by atoms with E-state index in [1.54, 1.807) is 43.2 Å². The molecule has 0 unspecified atom stereocenters. The van der Waals surface area contributed by atoms with Crippen LogP contribution in [0.15, 0.2) is 30.6 Å². The fourth-order valence-electron chi connectivity index (χ4n) is 1.56. The number of nitrogen functional groups attached to an aromatic ring is 1. The lowest BCUT2D eigenvalue weighted by molar-refractivity contribution is 0.0526. The Morgan fingerprint density at radius 1 is 1.47 bits per heavy atom. The Labute approximate surface area is 110 Å². The van der Waals surface area contributed by atoms with Crippen molar-refractivity contribution in [2.75, 3.05) is 12.3 Å². The molecule has 19 heavy (non-hydrogen) atoms. The minimum Gasteiger partial charge on any atom is -0.462 e. The van der Waals surface area contributed by atoms with E-state index in [2.05, 4.69) is 5.10 Å². The number of rotatable bonds is 4. The van der Waals surface area contributed by atoms with E-state index in [0.717, 1.165) is 0 Å². The molecule has 0 radical (unpaired) electrons. The van der Waals surface area contributed by atoms with Crippen LogP contribution in [-0.4, -0.2) is 22.4 Å². The maximum Gasteiger partial charge on any atom is 0.338 e. The van der Waals surface area contributed by atoms with Crippen LogP contribution in [0.4, 0.5) is 5.69 Å². The topological polar surface area (TPSA) is 79.4 Å². The maximum atomic E-state index is 11.5. The predicted octanol–water partition coefficient (Wildman–Crippen LogP) is 1.97. The summed E-state index contributed by atoms with van der Waals surface area (Å²) in [5, 5.41) is 3.99. The number of nitrogens with zero attached hydrogens (tertiary/aromatic N) is 2. The average molecular weight is 261 g/mol. The van der Waals surface area contributed by atoms with Gasteiger partial charge in [-0.1, -0.05) is 0 Å². The third-order valence-corrected chi connectivity index (χ3v) is 2.43. The molecule has 6 heteroatoms. The van der Waals surface area contributed by atoms with E-state index in [0.29, 0.717) is 29.4 Å². The Bertz CT molecular complexity index is 593. The van der Waals surface area contributed by atoms with Crippen molar-refractivity contribution in [3.63, 3.8) is 0 Å². The number of hydrogen-bond donors (Lipinski definition) is 1. The molecule has 0 aliphatic carbocycles. The van der Waals surface area contributed by atoms with Crippen LogP contribution in [-0.2, 0) is 11.8 Å². The summed E-state index contributed by atoms with van der Waals surface area (Å²) in [5.41, 5.74) is 6.62. The van der Waals surface area contributed by atoms with E-state index >= 15 is 0 Å². The van der Waals surface area contributed by atoms with Crippen molar-refractivity contribution in [3.8, 4) is 11.5 Å². The molecule has 0 spiro atoms. The van der Waals surface area contributed by atoms with E-state index in [-0.39, 0.29) is 0 Å². The highest BCUT2D eigenvalue weighted by molar-refractivity contribution is 5.91. The molecule has 0 atom stereocenters. The molecular weight excluding hydrogens is 246 g/mol. The molecule has 2 N–H and O–H groups in total. The standard InChI is InChI=1S/C13H15N3O3/c1-3-18-13(17)9-4-5-12(11(14)6-9)19-10-7-15-16(2)8-10/h4-8H,3,14H2,1-2H3. The van der Waals surface area contributed by atoms with Crippen molar-refractivity contribution in [1.29, 1.82) is 0 Å². The Morgan fingerprint density at radius 2 is 2.26 bits per heavy atom. The summed E-state index contributed by atoms with van der Waals surface area (Å²) in [4.78, 5) is 11.5. The summed E-state index contributed by atoms with van der Waals surface area (Å²) >= 11 is 0. The minimum atomic E-state index is -0.401. The summed E-state index contributed by atoms with van der Waals surface area (Å²) in [5.74, 6) is 0.654. The predicted molar refractivity (Wildman–Crippen MR) is 70.1 cm³/mol. The van der Waals surface area contributed by atoms with Crippen LogP contribution in [0, 0.1) is 0 Å². The van der Waals surface area contributed by atoms with Crippen molar-refractivity contribution in [1.82, 2.24) is 9.78 Å². The van der Waals surface area contributed by atoms with Crippen molar-refractivity contribution in [2.45, 2.75) is 6.92 Å². The molecule has 0 saturated heterocycles. The zero-order valence-corrected chi connectivity index (χ0v) is 10.8. The second-order valence-electron chi connectivity index (χ2n) is 3.92. The Morgan fingerprint density at radius 3 is 2.84 bits per heavy atom. The molecule has 100 valence electrons. The third-order valence-electron chi connectivity index (χ3n) is 2.43. The molecule has 0 aliphatic heterocycles. The molecule has 0 aliphatic rings. The van der Waals surface area contributed by atoms with Gasteiger partial charge in [0, 0.05) is 7.05 Å². The van der Waals surface area contributed by atoms with Crippen LogP contribution in [0.25, 0.3) is 0 Å². The van der Waals surface area contributed by atoms with Gasteiger partial charge in [-0.05, 0) is 25.1 Å². The quantitative estimate of drug-likeness (QED) is 0.672. The first-order valence-corrected chi connectivity index (χ1v) is 5.83. The van der Waals surface area contributed by atoms with Crippen LogP contribution in [0.3, 0.4) is 0 Å². The molecule has 0 fully saturated rings. The monoisotopic (exact) mass is 261 g/mol. The number of anilines is 1. The number of benzene rings is 1. The van der Waals surface area contributed by atoms with Crippen molar-refractivity contribution >= 4 is 11.7 Å². The van der Waals surface area contributed by atoms with E-state index in [4.69, 9.17) is 15.2 Å². The maximum absolute atomic E-state index is 11.5. The van der Waals surface area contributed by atoms with E-state index < -0.39 is 5.97 Å². The van der Waals surface area contributed by atoms with Gasteiger partial charge < -0.3 is 15.2 Å². The van der Waals surface area contributed by atoms with Crippen LogP contribution in [0.1, 0.15) is 17.3 Å². The molecular formula is C13H15N3O3. The highest BCUT2D eigenvalue weighted by Crippen LogP contribution is 2.28. The van der Waals surface area contributed by atoms with Gasteiger partial charge in [0.25, 0.3) is 0 Å². The molecule has 0 saturated carbocycles. The molecule has 1 heterocycles. The van der Waals surface area contributed by atoms with E-state index in [1.807, 2.05) is 0 Å². The number of carbonyl (C=O) groups excluding carboxylic acids is 1. The lowest BCUT2D eigenvalue weighted by atomic mass is 10.2. The number of nitrogens with two attached hydrogens (primary N) is 1. The normalized spacial score (nSPS) is 10.2. The van der Waals surface area contributed by atoms with Gasteiger partial charge in [-0.2, -0.15) is 5.10 Å². The summed E-state index contributed by atoms with van der Waals surface area (Å²) in [6, 6.07) is 4.78. The van der Waals surface area contributed by atoms with Crippen LogP contribution in [0.2, 0.25) is 0 Å². The van der Waals surface area contributed by atoms with Crippen LogP contribution in [0.5, 0.6) is 11.5 Å². The fraction of sp³-hybridized carbons (Fsp3) is 0.231. The minimum absolute atomic E-state index is 0.326. The SMILES string of the molecule is CCOC(=O)c1ccc(Oc2cnn(C)c2)c(N)c1. The second kappa shape index (κ2) is 5.43. The van der Waals surface area contributed by atoms with E-state index in [9.17, 15) is 4.79 Å². The highest BCUT2D eigenvalue weighted by atomic mass is 16.5. The molecule has 0 bridgehead atoms. The van der Waals surface area contributed by atoms with Crippen LogP contribution < -0.4 is 10.5 Å². The Balaban J connectivity index is 2.17. The van der Waals surface area contributed by atoms with Gasteiger partial charge in [-0.3, -0.25) is 4.68 Å². The molecule has 1 aromatic heterocycles. The third kappa shape index (κ3) is 3.04. The summed E-state index contributed by atoms with van der Waals surface area (Å²) < 4.78 is 12.1. The van der Waals surface area contributed by atoms with Gasteiger partial charge in [0.2, 0.25) is 0 Å². The average Bonchev–Trinajstić information content (AvgIpc) is 2.78. The lowest BCUT2D eigenvalue weighted by Gasteiger charge is -2.08. The smallest absolute Gasteiger partial charge is 0.338 e. The van der Waals surface area contributed by atoms with Gasteiger partial charge in [0.15, 0.2) is 11.5 Å². The molecule has 6 nitrogen and oxygen atoms in total. The largest absolute Gasteiger partial charge is 0.462 e. The molecule has 0 amide bonds. The van der Waals surface area contributed by atoms with Gasteiger partial charge in [0.05, 0.1) is 30.3 Å². The van der Waals surface area contributed by atoms with Crippen molar-refractivity contribution in [2.24, 2.45) is 7.05 Å². The van der Waals surface area contributed by atoms with Crippen molar-refractivity contribution < 1.29 is 14.3 Å². The van der Waals surface area contributed by atoms with Gasteiger partial charge >= 0.3 is 5.97 Å². The highest BCUT2D eigenvalue weighted by Gasteiger charge is 2.10. The number of aromatic nitrogens is 2. The number of carbonyl (C=O) groups is 1. The number of esters is 1. The molecule has 2 rings (SSSR count). The Kier molecular flexibility index (Phi) is 3.70. The number of aryl methyl sites for hydroxylation is 1. The van der Waals surface area contributed by atoms with Crippen LogP contribution >= 0.6 is 0 Å². The van der Waals surface area contributed by atoms with Gasteiger partial charge in [0.1, 0.15) is 0 Å². The first kappa shape index (κ1) is 12.9. The first-order valence-electron chi connectivity index (χ1n) is 5.83. The summed E-state index contributed by atoms with van der Waals surface area (Å²) in [6.45, 7) is 2.08. The zero-order valence-electron chi connectivity index (χ0n) is 10.8. The molecule has 1 aromatic carbocycles. The van der Waals surface area contributed by atoms with E-state index in [1.165, 1.54) is 6.07 Å². The Hall–Kier alpha value is -2.50. The first-order chi connectivity index (χ1) is 9.10. The van der Waals surface area contributed by atoms with Crippen molar-refractivity contribution in [3.05, 3.63) is 36.2 Å². The molecule has 2 aromatic rings. The lowest BCUT2D eigenvalue weighted by Crippen LogP contribution is -2.05. The number of hydrogen-bond acceptors (Lipinski definition) is 5. The second-order valence-corrected chi connectivity index (χ2v) is 3.92. The van der Waals surface area contributed by atoms with Gasteiger partial charge in [-0.15, -0.1) is 0 Å². The zero-order chi connectivity index (χ0) is 13.8. The number of ether oxygens (including phenoxy) is 2. The fourth-order valence-corrected chi connectivity index (χ4v) is 1.56.